The van der Waals surface area contributed by atoms with E-state index in [1.54, 1.807) is 18.2 Å². The molecular weight excluding hydrogens is 484 g/mol. The summed E-state index contributed by atoms with van der Waals surface area (Å²) in [5.74, 6) is -0.771. The Bertz CT molecular complexity index is 1030. The third kappa shape index (κ3) is 6.30. The molecule has 4 atom stereocenters. The number of ether oxygens (including phenoxy) is 3. The van der Waals surface area contributed by atoms with Crippen molar-refractivity contribution < 1.29 is 43.9 Å². The number of Topliss-reactive ketones (excluding diaryl/α,β-unsaturated/α-hetero) is 1. The van der Waals surface area contributed by atoms with Crippen LogP contribution in [0.4, 0.5) is 0 Å². The fourth-order valence-corrected chi connectivity index (χ4v) is 4.88. The lowest BCUT2D eigenvalue weighted by atomic mass is 9.77. The second kappa shape index (κ2) is 13.0. The number of hydrogen-bond donors (Lipinski definition) is 4. The molecule has 11 nitrogen and oxygen atoms in total. The van der Waals surface area contributed by atoms with E-state index < -0.39 is 30.1 Å². The predicted octanol–water partition coefficient (Wildman–Crippen LogP) is 0.0444. The Morgan fingerprint density at radius 3 is 2.54 bits per heavy atom. The number of methoxy groups -OCH3 is 2. The maximum absolute atomic E-state index is 13.3. The van der Waals surface area contributed by atoms with Crippen LogP contribution in [0.15, 0.2) is 23.8 Å². The van der Waals surface area contributed by atoms with Gasteiger partial charge in [-0.15, -0.1) is 0 Å². The van der Waals surface area contributed by atoms with Crippen LogP contribution in [-0.4, -0.2) is 96.6 Å². The largest absolute Gasteiger partial charge is 0.493 e. The summed E-state index contributed by atoms with van der Waals surface area (Å²) < 4.78 is 16.8. The van der Waals surface area contributed by atoms with Crippen molar-refractivity contribution >= 4 is 17.6 Å². The molecule has 3 rings (SSSR count). The summed E-state index contributed by atoms with van der Waals surface area (Å²) in [4.78, 5) is 39.3. The molecule has 2 aliphatic rings. The van der Waals surface area contributed by atoms with E-state index in [0.717, 1.165) is 0 Å². The summed E-state index contributed by atoms with van der Waals surface area (Å²) in [5.41, 5.74) is 1.39. The number of benzene rings is 1. The number of nitrogens with zero attached hydrogens (tertiary/aromatic N) is 1. The fourth-order valence-electron chi connectivity index (χ4n) is 4.88. The number of carbonyl (C=O) groups excluding carboxylic acids is 3. The third-order valence-corrected chi connectivity index (χ3v) is 6.63. The summed E-state index contributed by atoms with van der Waals surface area (Å²) in [6.07, 6.45) is 0.157. The van der Waals surface area contributed by atoms with Gasteiger partial charge in [-0.05, 0) is 37.1 Å². The van der Waals surface area contributed by atoms with Crippen LogP contribution >= 0.6 is 0 Å². The highest BCUT2D eigenvalue weighted by atomic mass is 16.5. The Labute approximate surface area is 216 Å². The molecular formula is C26H36N2O9. The monoisotopic (exact) mass is 520 g/mol. The first kappa shape index (κ1) is 28.6. The summed E-state index contributed by atoms with van der Waals surface area (Å²) in [7, 11) is 2.95. The third-order valence-electron chi connectivity index (χ3n) is 6.63. The number of rotatable bonds is 13. The minimum Gasteiger partial charge on any atom is -0.493 e. The number of carbonyl (C=O) groups is 3. The highest BCUT2D eigenvalue weighted by Gasteiger charge is 2.51. The molecule has 1 aromatic rings. The van der Waals surface area contributed by atoms with E-state index in [2.05, 4.69) is 5.32 Å². The molecule has 1 aliphatic heterocycles. The number of aliphatic hydroxyl groups is 3. The van der Waals surface area contributed by atoms with Crippen molar-refractivity contribution in [2.75, 3.05) is 40.5 Å². The maximum Gasteiger partial charge on any atom is 0.247 e. The molecule has 1 heterocycles. The molecule has 1 aliphatic carbocycles. The zero-order chi connectivity index (χ0) is 27.1. The van der Waals surface area contributed by atoms with Crippen LogP contribution in [0, 0.1) is 0 Å². The lowest BCUT2D eigenvalue weighted by Crippen LogP contribution is -2.56. The summed E-state index contributed by atoms with van der Waals surface area (Å²) in [5, 5.41) is 33.1. The molecule has 0 saturated heterocycles. The Morgan fingerprint density at radius 1 is 1.16 bits per heavy atom. The van der Waals surface area contributed by atoms with Crippen LogP contribution in [0.2, 0.25) is 0 Å². The molecule has 0 saturated carbocycles. The SMILES string of the molecule is COCCN(C(=O)CCCC(C)=O)C1C=C(C(=O)NCCO)C2c3cc(CO)cc(OC)c3OC2C1O. The van der Waals surface area contributed by atoms with E-state index in [9.17, 15) is 29.7 Å². The molecule has 0 bridgehead atoms. The fraction of sp³-hybridized carbons (Fsp3) is 0.577. The van der Waals surface area contributed by atoms with Gasteiger partial charge in [0.25, 0.3) is 0 Å². The lowest BCUT2D eigenvalue weighted by Gasteiger charge is -2.40. The van der Waals surface area contributed by atoms with Crippen LogP contribution in [0.3, 0.4) is 0 Å². The van der Waals surface area contributed by atoms with Crippen molar-refractivity contribution in [1.82, 2.24) is 10.2 Å². The maximum atomic E-state index is 13.3. The van der Waals surface area contributed by atoms with Crippen molar-refractivity contribution in [3.05, 3.63) is 34.9 Å². The van der Waals surface area contributed by atoms with Gasteiger partial charge in [0, 0.05) is 44.2 Å². The van der Waals surface area contributed by atoms with E-state index >= 15 is 0 Å². The quantitative estimate of drug-likeness (QED) is 0.282. The van der Waals surface area contributed by atoms with Gasteiger partial charge >= 0.3 is 0 Å². The molecule has 37 heavy (non-hydrogen) atoms. The second-order valence-corrected chi connectivity index (χ2v) is 9.15. The minimum absolute atomic E-state index is 0.0197. The number of aliphatic hydroxyl groups excluding tert-OH is 3. The van der Waals surface area contributed by atoms with Crippen LogP contribution in [0.25, 0.3) is 0 Å². The van der Waals surface area contributed by atoms with Crippen LogP contribution in [-0.2, 0) is 25.7 Å². The van der Waals surface area contributed by atoms with Crippen molar-refractivity contribution in [2.45, 2.75) is 57.0 Å². The number of amides is 2. The van der Waals surface area contributed by atoms with Crippen molar-refractivity contribution in [2.24, 2.45) is 0 Å². The Morgan fingerprint density at radius 2 is 1.92 bits per heavy atom. The molecule has 1 aromatic carbocycles. The first-order chi connectivity index (χ1) is 17.8. The van der Waals surface area contributed by atoms with E-state index in [4.69, 9.17) is 14.2 Å². The molecule has 4 N–H and O–H groups in total. The number of hydrogen-bond acceptors (Lipinski definition) is 9. The van der Waals surface area contributed by atoms with Gasteiger partial charge in [0.15, 0.2) is 11.5 Å². The molecule has 2 amide bonds. The van der Waals surface area contributed by atoms with Gasteiger partial charge in [-0.3, -0.25) is 9.59 Å². The first-order valence-corrected chi connectivity index (χ1v) is 12.3. The van der Waals surface area contributed by atoms with E-state index in [-0.39, 0.29) is 63.0 Å². The second-order valence-electron chi connectivity index (χ2n) is 9.15. The van der Waals surface area contributed by atoms with Gasteiger partial charge in [0.1, 0.15) is 18.0 Å². The van der Waals surface area contributed by atoms with Gasteiger partial charge in [-0.1, -0.05) is 0 Å². The zero-order valence-electron chi connectivity index (χ0n) is 21.4. The lowest BCUT2D eigenvalue weighted by molar-refractivity contribution is -0.138. The van der Waals surface area contributed by atoms with Crippen LogP contribution < -0.4 is 14.8 Å². The summed E-state index contributed by atoms with van der Waals surface area (Å²) in [6, 6.07) is 2.42. The Hall–Kier alpha value is -2.99. The van der Waals surface area contributed by atoms with Crippen LogP contribution in [0.5, 0.6) is 11.5 Å². The van der Waals surface area contributed by atoms with Gasteiger partial charge in [0.2, 0.25) is 11.8 Å². The standard InChI is InChI=1S/C26H36N2O9/c1-15(31)5-4-6-21(32)28(8-10-35-2)19-13-18(26(34)27-7-9-29)22-17-11-16(14-30)12-20(36-3)24(17)37-25(22)23(19)33/h11-13,19,22-23,25,29-30,33H,4-10,14H2,1-3H3,(H,27,34). The van der Waals surface area contributed by atoms with Crippen molar-refractivity contribution in [1.29, 1.82) is 0 Å². The Balaban J connectivity index is 2.05. The molecule has 0 spiro atoms. The van der Waals surface area contributed by atoms with Gasteiger partial charge in [-0.25, -0.2) is 0 Å². The predicted molar refractivity (Wildman–Crippen MR) is 132 cm³/mol. The minimum atomic E-state index is -1.21. The van der Waals surface area contributed by atoms with Crippen LogP contribution in [0.1, 0.15) is 43.2 Å². The van der Waals surface area contributed by atoms with Gasteiger partial charge in [-0.2, -0.15) is 0 Å². The molecule has 4 unspecified atom stereocenters. The summed E-state index contributed by atoms with van der Waals surface area (Å²) >= 11 is 0. The van der Waals surface area contributed by atoms with E-state index in [1.165, 1.54) is 26.0 Å². The normalized spacial score (nSPS) is 21.8. The molecule has 0 aromatic heterocycles. The smallest absolute Gasteiger partial charge is 0.247 e. The Kier molecular flexibility index (Phi) is 10.0. The topological polar surface area (TPSA) is 155 Å². The average Bonchev–Trinajstić information content (AvgIpc) is 3.27. The average molecular weight is 521 g/mol. The van der Waals surface area contributed by atoms with Gasteiger partial charge < -0.3 is 44.5 Å². The van der Waals surface area contributed by atoms with E-state index in [1.807, 2.05) is 0 Å². The molecule has 0 radical (unpaired) electrons. The molecule has 0 fully saturated rings. The van der Waals surface area contributed by atoms with Crippen molar-refractivity contribution in [3.8, 4) is 11.5 Å². The molecule has 204 valence electrons. The molecule has 11 heteroatoms. The number of ketones is 1. The van der Waals surface area contributed by atoms with Gasteiger partial charge in [0.05, 0.1) is 38.9 Å². The highest BCUT2D eigenvalue weighted by molar-refractivity contribution is 5.96. The highest BCUT2D eigenvalue weighted by Crippen LogP contribution is 2.51. The number of fused-ring (bicyclic) bond motifs is 3. The first-order valence-electron chi connectivity index (χ1n) is 12.3. The van der Waals surface area contributed by atoms with Crippen molar-refractivity contribution in [3.63, 3.8) is 0 Å². The van der Waals surface area contributed by atoms with E-state index in [0.29, 0.717) is 29.0 Å². The zero-order valence-corrected chi connectivity index (χ0v) is 21.4. The summed E-state index contributed by atoms with van der Waals surface area (Å²) in [6.45, 7) is 1.31. The number of nitrogens with one attached hydrogen (secondary N) is 1.